The summed E-state index contributed by atoms with van der Waals surface area (Å²) in [6.07, 6.45) is -4.02. The van der Waals surface area contributed by atoms with Crippen LogP contribution >= 0.6 is 0 Å². The van der Waals surface area contributed by atoms with Gasteiger partial charge in [0.25, 0.3) is 11.5 Å². The minimum Gasteiger partial charge on any atom is -0.379 e. The van der Waals surface area contributed by atoms with Crippen molar-refractivity contribution >= 4 is 16.7 Å². The summed E-state index contributed by atoms with van der Waals surface area (Å²) in [5, 5.41) is 3.28. The number of fused-ring (bicyclic) bond motifs is 1. The first kappa shape index (κ1) is 24.1. The van der Waals surface area contributed by atoms with Crippen LogP contribution in [-0.4, -0.2) is 33.9 Å². The Morgan fingerprint density at radius 1 is 1.18 bits per heavy atom. The molecule has 3 heterocycles. The van der Waals surface area contributed by atoms with Crippen LogP contribution in [-0.2, 0) is 16.2 Å². The molecule has 6 nitrogen and oxygen atoms in total. The molecule has 0 spiro atoms. The Bertz CT molecular complexity index is 1280. The van der Waals surface area contributed by atoms with Crippen molar-refractivity contribution in [2.24, 2.45) is 0 Å². The molecule has 0 amide bonds. The van der Waals surface area contributed by atoms with E-state index in [2.05, 4.69) is 15.3 Å². The van der Waals surface area contributed by atoms with Crippen molar-refractivity contribution in [1.29, 1.82) is 0 Å². The van der Waals surface area contributed by atoms with Gasteiger partial charge in [-0.1, -0.05) is 18.2 Å². The smallest absolute Gasteiger partial charge is 0.379 e. The van der Waals surface area contributed by atoms with Crippen molar-refractivity contribution in [3.63, 3.8) is 0 Å². The van der Waals surface area contributed by atoms with Crippen LogP contribution in [0, 0.1) is 6.92 Å². The highest BCUT2D eigenvalue weighted by Gasteiger charge is 2.59. The summed E-state index contributed by atoms with van der Waals surface area (Å²) in [4.78, 5) is 21.2. The molecule has 2 atom stereocenters. The quantitative estimate of drug-likeness (QED) is 0.515. The van der Waals surface area contributed by atoms with Crippen LogP contribution in [0.15, 0.2) is 41.3 Å². The van der Waals surface area contributed by atoms with Crippen molar-refractivity contribution in [2.75, 3.05) is 18.5 Å². The Kier molecular flexibility index (Phi) is 5.87. The Balaban J connectivity index is 1.81. The molecule has 1 N–H and O–H groups in total. The van der Waals surface area contributed by atoms with Crippen molar-refractivity contribution in [1.82, 2.24) is 14.5 Å². The van der Waals surface area contributed by atoms with Gasteiger partial charge in [-0.25, -0.2) is 18.7 Å². The van der Waals surface area contributed by atoms with Gasteiger partial charge in [0.2, 0.25) is 0 Å². The lowest BCUT2D eigenvalue weighted by atomic mass is 9.97. The van der Waals surface area contributed by atoms with Crippen LogP contribution in [0.5, 0.6) is 0 Å². The van der Waals surface area contributed by atoms with Crippen molar-refractivity contribution in [3.8, 4) is 0 Å². The van der Waals surface area contributed by atoms with Crippen molar-refractivity contribution < 1.29 is 26.7 Å². The first-order valence-corrected chi connectivity index (χ1v) is 10.6. The highest BCUT2D eigenvalue weighted by Crippen LogP contribution is 2.43. The number of hydrogen-bond acceptors (Lipinski definition) is 5. The third kappa shape index (κ3) is 4.24. The second-order valence-electron chi connectivity index (χ2n) is 8.61. The highest BCUT2D eigenvalue weighted by atomic mass is 19.4. The number of benzene rings is 1. The molecular formula is C23H23F5N4O2. The molecule has 11 heteroatoms. The summed E-state index contributed by atoms with van der Waals surface area (Å²) in [5.41, 5.74) is -2.80. The Morgan fingerprint density at radius 2 is 1.91 bits per heavy atom. The SMILES string of the molecule is Cc1nc(NC(C)c2cccc(C(C)(F)F)c2)c2cn(C3(C(F)(F)F)CCOC3)c(=O)cc2n1. The van der Waals surface area contributed by atoms with Gasteiger partial charge in [0.05, 0.1) is 17.5 Å². The number of hydrogen-bond donors (Lipinski definition) is 1. The topological polar surface area (TPSA) is 69.0 Å². The fourth-order valence-corrected chi connectivity index (χ4v) is 4.14. The summed E-state index contributed by atoms with van der Waals surface area (Å²) in [6, 6.07) is 6.37. The molecule has 2 aromatic heterocycles. The largest absolute Gasteiger partial charge is 0.414 e. The molecule has 182 valence electrons. The number of nitrogens with zero attached hydrogens (tertiary/aromatic N) is 3. The Morgan fingerprint density at radius 3 is 2.53 bits per heavy atom. The minimum atomic E-state index is -4.72. The summed E-state index contributed by atoms with van der Waals surface area (Å²) in [7, 11) is 0. The van der Waals surface area contributed by atoms with E-state index in [1.54, 1.807) is 19.9 Å². The number of alkyl halides is 5. The van der Waals surface area contributed by atoms with Gasteiger partial charge in [0, 0.05) is 43.8 Å². The molecule has 0 aliphatic carbocycles. The lowest BCUT2D eigenvalue weighted by Crippen LogP contribution is -2.52. The summed E-state index contributed by atoms with van der Waals surface area (Å²) in [5.74, 6) is -2.55. The van der Waals surface area contributed by atoms with Gasteiger partial charge in [-0.2, -0.15) is 13.2 Å². The normalized spacial score (nSPS) is 20.0. The zero-order chi connectivity index (χ0) is 24.9. The zero-order valence-electron chi connectivity index (χ0n) is 18.7. The van der Waals surface area contributed by atoms with Crippen LogP contribution in [0.25, 0.3) is 10.9 Å². The predicted molar refractivity (Wildman–Crippen MR) is 116 cm³/mol. The monoisotopic (exact) mass is 482 g/mol. The molecule has 1 fully saturated rings. The van der Waals surface area contributed by atoms with E-state index >= 15 is 0 Å². The first-order chi connectivity index (χ1) is 15.8. The van der Waals surface area contributed by atoms with E-state index in [1.165, 1.54) is 18.2 Å². The van der Waals surface area contributed by atoms with Crippen LogP contribution in [0.1, 0.15) is 43.3 Å². The molecule has 0 bridgehead atoms. The maximum absolute atomic E-state index is 14.1. The molecule has 1 aliphatic heterocycles. The molecule has 2 unspecified atom stereocenters. The molecule has 0 saturated carbocycles. The van der Waals surface area contributed by atoms with E-state index in [0.717, 1.165) is 19.2 Å². The van der Waals surface area contributed by atoms with E-state index in [9.17, 15) is 26.7 Å². The average molecular weight is 482 g/mol. The third-order valence-electron chi connectivity index (χ3n) is 6.08. The highest BCUT2D eigenvalue weighted by molar-refractivity contribution is 5.88. The van der Waals surface area contributed by atoms with Gasteiger partial charge in [-0.15, -0.1) is 0 Å². The molecule has 34 heavy (non-hydrogen) atoms. The predicted octanol–water partition coefficient (Wildman–Crippen LogP) is 5.06. The average Bonchev–Trinajstić information content (AvgIpc) is 3.24. The molecule has 1 saturated heterocycles. The van der Waals surface area contributed by atoms with Gasteiger partial charge in [0.1, 0.15) is 11.6 Å². The minimum absolute atomic E-state index is 0.130. The Hall–Kier alpha value is -3.08. The van der Waals surface area contributed by atoms with Gasteiger partial charge in [-0.3, -0.25) is 9.36 Å². The molecule has 3 aromatic rings. The van der Waals surface area contributed by atoms with Gasteiger partial charge in [-0.05, 0) is 25.5 Å². The molecule has 4 rings (SSSR count). The maximum atomic E-state index is 14.1. The lowest BCUT2D eigenvalue weighted by molar-refractivity contribution is -0.214. The zero-order valence-corrected chi connectivity index (χ0v) is 18.7. The standard InChI is InChI=1S/C23H23F5N4O2/c1-13(15-5-4-6-16(9-15)21(3,24)25)29-20-17-11-32(19(33)10-18(17)30-14(2)31-20)22(23(26,27)28)7-8-34-12-22/h4-6,9-11,13H,7-8,12H2,1-3H3,(H,29,30,31). The number of halogens is 5. The van der Waals surface area contributed by atoms with E-state index in [1.807, 2.05) is 0 Å². The number of anilines is 1. The third-order valence-corrected chi connectivity index (χ3v) is 6.08. The molecule has 1 aliphatic rings. The molecule has 0 radical (unpaired) electrons. The van der Waals surface area contributed by atoms with Crippen LogP contribution in [0.4, 0.5) is 27.8 Å². The van der Waals surface area contributed by atoms with Gasteiger partial charge in [0.15, 0.2) is 5.54 Å². The maximum Gasteiger partial charge on any atom is 0.414 e. The van der Waals surface area contributed by atoms with Gasteiger partial charge >= 0.3 is 6.18 Å². The number of rotatable bonds is 5. The second kappa shape index (κ2) is 8.30. The van der Waals surface area contributed by atoms with Crippen molar-refractivity contribution in [3.05, 3.63) is 63.8 Å². The van der Waals surface area contributed by atoms with E-state index < -0.39 is 42.3 Å². The number of ether oxygens (including phenoxy) is 1. The first-order valence-electron chi connectivity index (χ1n) is 10.6. The number of aryl methyl sites for hydroxylation is 1. The number of aromatic nitrogens is 3. The van der Waals surface area contributed by atoms with Crippen molar-refractivity contribution in [2.45, 2.75) is 50.9 Å². The molecule has 1 aromatic carbocycles. The van der Waals surface area contributed by atoms with Crippen LogP contribution < -0.4 is 10.9 Å². The van der Waals surface area contributed by atoms with Crippen LogP contribution in [0.3, 0.4) is 0 Å². The Labute approximate surface area is 191 Å². The lowest BCUT2D eigenvalue weighted by Gasteiger charge is -2.32. The summed E-state index contributed by atoms with van der Waals surface area (Å²) < 4.78 is 75.4. The van der Waals surface area contributed by atoms with E-state index in [0.29, 0.717) is 16.0 Å². The van der Waals surface area contributed by atoms with Crippen LogP contribution in [0.2, 0.25) is 0 Å². The number of pyridine rings is 1. The van der Waals surface area contributed by atoms with E-state index in [-0.39, 0.29) is 28.9 Å². The van der Waals surface area contributed by atoms with Gasteiger partial charge < -0.3 is 10.1 Å². The second-order valence-corrected chi connectivity index (χ2v) is 8.61. The summed E-state index contributed by atoms with van der Waals surface area (Å²) in [6.45, 7) is 3.30. The summed E-state index contributed by atoms with van der Waals surface area (Å²) >= 11 is 0. The molecular weight excluding hydrogens is 459 g/mol. The fraction of sp³-hybridized carbons (Fsp3) is 0.435. The fourth-order valence-electron chi connectivity index (χ4n) is 4.14. The van der Waals surface area contributed by atoms with E-state index in [4.69, 9.17) is 4.74 Å². The number of nitrogens with one attached hydrogen (secondary N) is 1.